The molecule has 2 aromatic rings. The Labute approximate surface area is 208 Å². The fraction of sp³-hybridized carbons (Fsp3) is 0.500. The maximum Gasteiger partial charge on any atom is 0.257 e. The number of ether oxygens (including phenoxy) is 3. The maximum atomic E-state index is 13.3. The van der Waals surface area contributed by atoms with E-state index in [1.54, 1.807) is 24.0 Å². The number of nitrogens with one attached hydrogen (secondary N) is 1. The van der Waals surface area contributed by atoms with Crippen LogP contribution in [0.4, 0.5) is 0 Å². The molecule has 1 heterocycles. The van der Waals surface area contributed by atoms with Crippen LogP contribution in [0.25, 0.3) is 0 Å². The van der Waals surface area contributed by atoms with E-state index in [1.807, 2.05) is 19.9 Å². The van der Waals surface area contributed by atoms with E-state index in [0.717, 1.165) is 31.2 Å². The smallest absolute Gasteiger partial charge is 0.257 e. The van der Waals surface area contributed by atoms with E-state index in [4.69, 9.17) is 14.2 Å². The van der Waals surface area contributed by atoms with Crippen LogP contribution in [0.15, 0.2) is 41.3 Å². The lowest BCUT2D eigenvalue weighted by molar-refractivity contribution is 0.0758. The van der Waals surface area contributed by atoms with Crippen LogP contribution in [-0.2, 0) is 10.0 Å². The molecule has 0 radical (unpaired) electrons. The molecule has 2 aromatic carbocycles. The third-order valence-electron chi connectivity index (χ3n) is 6.00. The summed E-state index contributed by atoms with van der Waals surface area (Å²) in [5.74, 6) is 1.33. The van der Waals surface area contributed by atoms with Crippen LogP contribution in [0.2, 0.25) is 0 Å². The predicted molar refractivity (Wildman–Crippen MR) is 135 cm³/mol. The van der Waals surface area contributed by atoms with Crippen LogP contribution >= 0.6 is 0 Å². The quantitative estimate of drug-likeness (QED) is 0.510. The van der Waals surface area contributed by atoms with Gasteiger partial charge in [0.2, 0.25) is 10.0 Å². The molecular formula is C26H36N2O6S. The first-order chi connectivity index (χ1) is 16.8. The van der Waals surface area contributed by atoms with Crippen molar-refractivity contribution in [1.82, 2.24) is 9.62 Å². The number of hydrogen-bond donors (Lipinski definition) is 1. The maximum absolute atomic E-state index is 13.3. The number of carbonyl (C=O) groups excluding carboxylic acids is 1. The van der Waals surface area contributed by atoms with E-state index in [2.05, 4.69) is 4.72 Å². The summed E-state index contributed by atoms with van der Waals surface area (Å²) in [6.45, 7) is 7.81. The molecule has 35 heavy (non-hydrogen) atoms. The molecule has 8 nitrogen and oxygen atoms in total. The highest BCUT2D eigenvalue weighted by Crippen LogP contribution is 2.32. The van der Waals surface area contributed by atoms with Crippen LogP contribution in [0.3, 0.4) is 0 Å². The molecule has 1 saturated heterocycles. The molecule has 0 bridgehead atoms. The SMILES string of the molecule is CCOc1ccc([C@H](C)NS(=O)(=O)c2ccc(OC)c(C(=O)N3CCCCCC3)c2)cc1OCC. The largest absolute Gasteiger partial charge is 0.496 e. The minimum absolute atomic E-state index is 0.0132. The summed E-state index contributed by atoms with van der Waals surface area (Å²) in [6, 6.07) is 9.23. The Bertz CT molecular complexity index is 1110. The Balaban J connectivity index is 1.85. The second-order valence-corrected chi connectivity index (χ2v) is 10.2. The van der Waals surface area contributed by atoms with Crippen molar-refractivity contribution >= 4 is 15.9 Å². The van der Waals surface area contributed by atoms with Crippen LogP contribution in [0.5, 0.6) is 17.2 Å². The van der Waals surface area contributed by atoms with Crippen molar-refractivity contribution in [3.63, 3.8) is 0 Å². The van der Waals surface area contributed by atoms with Crippen LogP contribution in [0, 0.1) is 0 Å². The number of carbonyl (C=O) groups is 1. The second-order valence-electron chi connectivity index (χ2n) is 8.48. The van der Waals surface area contributed by atoms with Crippen molar-refractivity contribution < 1.29 is 27.4 Å². The molecule has 9 heteroatoms. The third kappa shape index (κ3) is 6.67. The van der Waals surface area contributed by atoms with Gasteiger partial charge in [-0.3, -0.25) is 4.79 Å². The van der Waals surface area contributed by atoms with Gasteiger partial charge in [0.15, 0.2) is 11.5 Å². The fourth-order valence-corrected chi connectivity index (χ4v) is 5.43. The number of rotatable bonds is 10. The summed E-state index contributed by atoms with van der Waals surface area (Å²) in [5, 5.41) is 0. The molecule has 1 N–H and O–H groups in total. The zero-order chi connectivity index (χ0) is 25.4. The molecule has 1 atom stereocenters. The predicted octanol–water partition coefficient (Wildman–Crippen LogP) is 4.55. The average Bonchev–Trinajstić information content (AvgIpc) is 3.14. The summed E-state index contributed by atoms with van der Waals surface area (Å²) in [7, 11) is -2.44. The Morgan fingerprint density at radius 3 is 2.20 bits per heavy atom. The number of amides is 1. The standard InChI is InChI=1S/C26H36N2O6S/c1-5-33-24-13-11-20(17-25(24)34-6-2)19(3)27-35(30,31)21-12-14-23(32-4)22(18-21)26(29)28-15-9-7-8-10-16-28/h11-14,17-19,27H,5-10,15-16H2,1-4H3/t19-/m0/s1. The van der Waals surface area contributed by atoms with Gasteiger partial charge in [-0.05, 0) is 69.5 Å². The molecule has 3 rings (SSSR count). The van der Waals surface area contributed by atoms with Gasteiger partial charge in [-0.25, -0.2) is 13.1 Å². The molecule has 1 amide bonds. The van der Waals surface area contributed by atoms with Crippen molar-refractivity contribution in [3.05, 3.63) is 47.5 Å². The van der Waals surface area contributed by atoms with Gasteiger partial charge in [0.05, 0.1) is 30.8 Å². The highest BCUT2D eigenvalue weighted by atomic mass is 32.2. The zero-order valence-electron chi connectivity index (χ0n) is 21.0. The lowest BCUT2D eigenvalue weighted by Crippen LogP contribution is -2.32. The van der Waals surface area contributed by atoms with Crippen molar-refractivity contribution in [2.45, 2.75) is 57.4 Å². The summed E-state index contributed by atoms with van der Waals surface area (Å²) in [6.07, 6.45) is 4.06. The summed E-state index contributed by atoms with van der Waals surface area (Å²) >= 11 is 0. The average molecular weight is 505 g/mol. The van der Waals surface area contributed by atoms with Gasteiger partial charge in [-0.15, -0.1) is 0 Å². The number of benzene rings is 2. The van der Waals surface area contributed by atoms with E-state index < -0.39 is 16.1 Å². The highest BCUT2D eigenvalue weighted by molar-refractivity contribution is 7.89. The second kappa shape index (κ2) is 12.3. The Kier molecular flexibility index (Phi) is 9.40. The van der Waals surface area contributed by atoms with Gasteiger partial charge < -0.3 is 19.1 Å². The fourth-order valence-electron chi connectivity index (χ4n) is 4.17. The van der Waals surface area contributed by atoms with Crippen molar-refractivity contribution in [3.8, 4) is 17.2 Å². The molecule has 1 aliphatic heterocycles. The monoisotopic (exact) mass is 504 g/mol. The van der Waals surface area contributed by atoms with Gasteiger partial charge in [0, 0.05) is 19.1 Å². The van der Waals surface area contributed by atoms with E-state index in [-0.39, 0.29) is 16.4 Å². The van der Waals surface area contributed by atoms with Gasteiger partial charge in [-0.1, -0.05) is 18.9 Å². The van der Waals surface area contributed by atoms with E-state index >= 15 is 0 Å². The lowest BCUT2D eigenvalue weighted by atomic mass is 10.1. The van der Waals surface area contributed by atoms with Gasteiger partial charge in [0.25, 0.3) is 5.91 Å². The molecule has 0 aromatic heterocycles. The van der Waals surface area contributed by atoms with Crippen LogP contribution in [0.1, 0.15) is 68.4 Å². The first-order valence-electron chi connectivity index (χ1n) is 12.2. The minimum Gasteiger partial charge on any atom is -0.496 e. The Morgan fingerprint density at radius 1 is 0.943 bits per heavy atom. The summed E-state index contributed by atoms with van der Waals surface area (Å²) in [5.41, 5.74) is 0.986. The molecule has 192 valence electrons. The number of likely N-dealkylation sites (tertiary alicyclic amines) is 1. The van der Waals surface area contributed by atoms with Gasteiger partial charge in [-0.2, -0.15) is 0 Å². The zero-order valence-corrected chi connectivity index (χ0v) is 21.8. The molecule has 1 aliphatic rings. The van der Waals surface area contributed by atoms with Crippen molar-refractivity contribution in [2.75, 3.05) is 33.4 Å². The highest BCUT2D eigenvalue weighted by Gasteiger charge is 2.25. The van der Waals surface area contributed by atoms with Crippen molar-refractivity contribution in [1.29, 1.82) is 0 Å². The Hall–Kier alpha value is -2.78. The summed E-state index contributed by atoms with van der Waals surface area (Å²) < 4.78 is 45.9. The molecule has 0 saturated carbocycles. The van der Waals surface area contributed by atoms with E-state index in [9.17, 15) is 13.2 Å². The number of hydrogen-bond acceptors (Lipinski definition) is 6. The molecular weight excluding hydrogens is 468 g/mol. The third-order valence-corrected chi connectivity index (χ3v) is 7.54. The first kappa shape index (κ1) is 26.8. The van der Waals surface area contributed by atoms with Crippen LogP contribution < -0.4 is 18.9 Å². The normalized spacial score (nSPS) is 15.3. The molecule has 1 fully saturated rings. The lowest BCUT2D eigenvalue weighted by Gasteiger charge is -2.22. The number of methoxy groups -OCH3 is 1. The van der Waals surface area contributed by atoms with Crippen molar-refractivity contribution in [2.24, 2.45) is 0 Å². The van der Waals surface area contributed by atoms with Crippen LogP contribution in [-0.4, -0.2) is 52.6 Å². The Morgan fingerprint density at radius 2 is 1.57 bits per heavy atom. The van der Waals surface area contributed by atoms with Gasteiger partial charge in [0.1, 0.15) is 5.75 Å². The summed E-state index contributed by atoms with van der Waals surface area (Å²) in [4.78, 5) is 15.0. The topological polar surface area (TPSA) is 94.2 Å². The molecule has 0 aliphatic carbocycles. The number of sulfonamides is 1. The first-order valence-corrected chi connectivity index (χ1v) is 13.7. The molecule has 0 spiro atoms. The van der Waals surface area contributed by atoms with E-state index in [0.29, 0.717) is 43.6 Å². The molecule has 0 unspecified atom stereocenters. The minimum atomic E-state index is -3.92. The van der Waals surface area contributed by atoms with E-state index in [1.165, 1.54) is 25.3 Å². The van der Waals surface area contributed by atoms with Gasteiger partial charge >= 0.3 is 0 Å². The number of nitrogens with zero attached hydrogens (tertiary/aromatic N) is 1.